The van der Waals surface area contributed by atoms with Gasteiger partial charge in [0.2, 0.25) is 0 Å². The van der Waals surface area contributed by atoms with Crippen molar-refractivity contribution in [3.8, 4) is 11.3 Å². The molecule has 0 atom stereocenters. The zero-order valence-corrected chi connectivity index (χ0v) is 16.2. The van der Waals surface area contributed by atoms with E-state index in [1.54, 1.807) is 42.7 Å². The number of rotatable bonds is 5. The predicted molar refractivity (Wildman–Crippen MR) is 112 cm³/mol. The molecule has 2 aromatic heterocycles. The van der Waals surface area contributed by atoms with Gasteiger partial charge >= 0.3 is 11.9 Å². The van der Waals surface area contributed by atoms with Gasteiger partial charge in [0.15, 0.2) is 0 Å². The van der Waals surface area contributed by atoms with Crippen LogP contribution in [0.2, 0.25) is 0 Å². The molecule has 0 aliphatic heterocycles. The summed E-state index contributed by atoms with van der Waals surface area (Å²) in [6, 6.07) is 19.6. The molecule has 0 fully saturated rings. The molecule has 6 heteroatoms. The Morgan fingerprint density at radius 2 is 1.73 bits per heavy atom. The largest absolute Gasteiger partial charge is 0.465 e. The Morgan fingerprint density at radius 1 is 0.933 bits per heavy atom. The Labute approximate surface area is 173 Å². The molecule has 4 rings (SSSR count). The molecule has 0 radical (unpaired) electrons. The molecule has 0 unspecified atom stereocenters. The predicted octanol–water partition coefficient (Wildman–Crippen LogP) is 4.44. The molecule has 0 N–H and O–H groups in total. The zero-order valence-electron chi connectivity index (χ0n) is 16.2. The molecule has 2 aromatic carbocycles. The second-order valence-electron chi connectivity index (χ2n) is 6.58. The van der Waals surface area contributed by atoms with E-state index in [-0.39, 0.29) is 6.61 Å². The second-order valence-corrected chi connectivity index (χ2v) is 6.58. The smallest absolute Gasteiger partial charge is 0.339 e. The van der Waals surface area contributed by atoms with Gasteiger partial charge in [-0.15, -0.1) is 0 Å². The maximum atomic E-state index is 12.9. The van der Waals surface area contributed by atoms with Crippen LogP contribution < -0.4 is 0 Å². The number of nitrogens with zero attached hydrogens (tertiary/aromatic N) is 2. The van der Waals surface area contributed by atoms with Crippen molar-refractivity contribution in [2.75, 3.05) is 7.11 Å². The summed E-state index contributed by atoms with van der Waals surface area (Å²) in [4.78, 5) is 33.2. The maximum Gasteiger partial charge on any atom is 0.339 e. The first-order valence-corrected chi connectivity index (χ1v) is 9.30. The second kappa shape index (κ2) is 8.53. The first-order chi connectivity index (χ1) is 14.7. The summed E-state index contributed by atoms with van der Waals surface area (Å²) in [5, 5.41) is 0.719. The van der Waals surface area contributed by atoms with Gasteiger partial charge in [0.1, 0.15) is 6.61 Å². The SMILES string of the molecule is COC(=O)c1ccc(COC(=O)c2cc(-c3cccnc3)nc3ccccc23)cc1. The summed E-state index contributed by atoms with van der Waals surface area (Å²) in [6.45, 7) is 0.0825. The monoisotopic (exact) mass is 398 g/mol. The van der Waals surface area contributed by atoms with E-state index in [2.05, 4.69) is 14.7 Å². The number of fused-ring (bicyclic) bond motifs is 1. The van der Waals surface area contributed by atoms with E-state index in [9.17, 15) is 9.59 Å². The summed E-state index contributed by atoms with van der Waals surface area (Å²) < 4.78 is 10.2. The molecular weight excluding hydrogens is 380 g/mol. The van der Waals surface area contributed by atoms with Gasteiger partial charge in [0.25, 0.3) is 0 Å². The summed E-state index contributed by atoms with van der Waals surface area (Å²) in [7, 11) is 1.33. The van der Waals surface area contributed by atoms with E-state index in [0.717, 1.165) is 16.5 Å². The molecule has 4 aromatic rings. The number of ether oxygens (including phenoxy) is 2. The van der Waals surface area contributed by atoms with Gasteiger partial charge < -0.3 is 9.47 Å². The van der Waals surface area contributed by atoms with Crippen LogP contribution in [0, 0.1) is 0 Å². The molecule has 0 bridgehead atoms. The minimum absolute atomic E-state index is 0.0825. The quantitative estimate of drug-likeness (QED) is 0.463. The molecule has 0 amide bonds. The lowest BCUT2D eigenvalue weighted by Crippen LogP contribution is -2.07. The van der Waals surface area contributed by atoms with Crippen LogP contribution in [-0.2, 0) is 16.1 Å². The Balaban J connectivity index is 1.60. The minimum atomic E-state index is -0.448. The average molecular weight is 398 g/mol. The molecule has 0 aliphatic carbocycles. The van der Waals surface area contributed by atoms with Crippen LogP contribution in [0.5, 0.6) is 0 Å². The van der Waals surface area contributed by atoms with Crippen molar-refractivity contribution in [3.63, 3.8) is 0 Å². The third kappa shape index (κ3) is 4.03. The van der Waals surface area contributed by atoms with Gasteiger partial charge in [-0.3, -0.25) is 4.98 Å². The average Bonchev–Trinajstić information content (AvgIpc) is 2.82. The van der Waals surface area contributed by atoms with Crippen LogP contribution in [0.25, 0.3) is 22.2 Å². The first kappa shape index (κ1) is 19.3. The molecular formula is C24H18N2O4. The molecule has 2 heterocycles. The summed E-state index contributed by atoms with van der Waals surface area (Å²) in [6.07, 6.45) is 3.39. The van der Waals surface area contributed by atoms with Crippen molar-refractivity contribution < 1.29 is 19.1 Å². The van der Waals surface area contributed by atoms with Crippen LogP contribution in [0.3, 0.4) is 0 Å². The van der Waals surface area contributed by atoms with Crippen molar-refractivity contribution in [2.24, 2.45) is 0 Å². The van der Waals surface area contributed by atoms with Crippen molar-refractivity contribution in [2.45, 2.75) is 6.61 Å². The number of hydrogen-bond donors (Lipinski definition) is 0. The van der Waals surface area contributed by atoms with E-state index in [4.69, 9.17) is 4.74 Å². The summed E-state index contributed by atoms with van der Waals surface area (Å²) >= 11 is 0. The molecule has 0 aliphatic rings. The first-order valence-electron chi connectivity index (χ1n) is 9.30. The normalized spacial score (nSPS) is 10.6. The number of carbonyl (C=O) groups is 2. The number of benzene rings is 2. The summed E-state index contributed by atoms with van der Waals surface area (Å²) in [5.74, 6) is -0.861. The lowest BCUT2D eigenvalue weighted by Gasteiger charge is -2.10. The number of hydrogen-bond acceptors (Lipinski definition) is 6. The van der Waals surface area contributed by atoms with Crippen molar-refractivity contribution in [1.29, 1.82) is 0 Å². The number of pyridine rings is 2. The summed E-state index contributed by atoms with van der Waals surface area (Å²) in [5.41, 5.74) is 3.81. The van der Waals surface area contributed by atoms with Gasteiger partial charge in [-0.2, -0.15) is 0 Å². The fraction of sp³-hybridized carbons (Fsp3) is 0.0833. The Kier molecular flexibility index (Phi) is 5.48. The molecule has 0 spiro atoms. The Hall–Kier alpha value is -4.06. The number of esters is 2. The fourth-order valence-corrected chi connectivity index (χ4v) is 3.09. The van der Waals surface area contributed by atoms with Crippen LogP contribution >= 0.6 is 0 Å². The van der Waals surface area contributed by atoms with Gasteiger partial charge in [-0.1, -0.05) is 30.3 Å². The van der Waals surface area contributed by atoms with Gasteiger partial charge in [-0.25, -0.2) is 14.6 Å². The van der Waals surface area contributed by atoms with Gasteiger partial charge in [0.05, 0.1) is 29.4 Å². The van der Waals surface area contributed by atoms with Crippen LogP contribution in [0.1, 0.15) is 26.3 Å². The molecule has 30 heavy (non-hydrogen) atoms. The third-order valence-corrected chi connectivity index (χ3v) is 4.64. The fourth-order valence-electron chi connectivity index (χ4n) is 3.09. The highest BCUT2D eigenvalue weighted by Gasteiger charge is 2.15. The number of carbonyl (C=O) groups excluding carboxylic acids is 2. The number of para-hydroxylation sites is 1. The lowest BCUT2D eigenvalue weighted by molar-refractivity contribution is 0.0473. The maximum absolute atomic E-state index is 12.9. The van der Waals surface area contributed by atoms with Crippen molar-refractivity contribution in [1.82, 2.24) is 9.97 Å². The number of aromatic nitrogens is 2. The minimum Gasteiger partial charge on any atom is -0.465 e. The highest BCUT2D eigenvalue weighted by molar-refractivity contribution is 6.04. The van der Waals surface area contributed by atoms with Crippen LogP contribution in [0.15, 0.2) is 79.1 Å². The van der Waals surface area contributed by atoms with E-state index in [0.29, 0.717) is 22.3 Å². The standard InChI is InChI=1S/C24H18N2O4/c1-29-23(27)17-10-8-16(9-11-17)15-30-24(28)20-13-22(18-5-4-12-25-14-18)26-21-7-3-2-6-19(20)21/h2-14H,15H2,1H3. The third-order valence-electron chi connectivity index (χ3n) is 4.64. The van der Waals surface area contributed by atoms with E-state index >= 15 is 0 Å². The van der Waals surface area contributed by atoms with Gasteiger partial charge in [0, 0.05) is 23.3 Å². The Bertz CT molecular complexity index is 1210. The van der Waals surface area contributed by atoms with Crippen LogP contribution in [0.4, 0.5) is 0 Å². The molecule has 0 saturated heterocycles. The highest BCUT2D eigenvalue weighted by atomic mass is 16.5. The zero-order chi connectivity index (χ0) is 20.9. The van der Waals surface area contributed by atoms with E-state index in [1.807, 2.05) is 36.4 Å². The van der Waals surface area contributed by atoms with E-state index < -0.39 is 11.9 Å². The molecule has 6 nitrogen and oxygen atoms in total. The van der Waals surface area contributed by atoms with Crippen LogP contribution in [-0.4, -0.2) is 29.0 Å². The van der Waals surface area contributed by atoms with Gasteiger partial charge in [-0.05, 0) is 42.0 Å². The lowest BCUT2D eigenvalue weighted by atomic mass is 10.1. The van der Waals surface area contributed by atoms with Crippen molar-refractivity contribution in [3.05, 3.63) is 95.8 Å². The van der Waals surface area contributed by atoms with Crippen molar-refractivity contribution >= 4 is 22.8 Å². The Morgan fingerprint density at radius 3 is 2.47 bits per heavy atom. The molecule has 148 valence electrons. The topological polar surface area (TPSA) is 78.4 Å². The molecule has 0 saturated carbocycles. The van der Waals surface area contributed by atoms with E-state index in [1.165, 1.54) is 7.11 Å². The highest BCUT2D eigenvalue weighted by Crippen LogP contribution is 2.25. The number of methoxy groups -OCH3 is 1.